The van der Waals surface area contributed by atoms with E-state index in [4.69, 9.17) is 21.3 Å². The molecular weight excluding hydrogens is 336 g/mol. The average molecular weight is 359 g/mol. The first-order chi connectivity index (χ1) is 12.1. The van der Waals surface area contributed by atoms with Crippen molar-refractivity contribution in [1.29, 1.82) is 0 Å². The van der Waals surface area contributed by atoms with E-state index in [1.54, 1.807) is 0 Å². The van der Waals surface area contributed by atoms with Crippen molar-refractivity contribution in [3.8, 4) is 0 Å². The summed E-state index contributed by atoms with van der Waals surface area (Å²) in [6.45, 7) is 5.97. The van der Waals surface area contributed by atoms with Gasteiger partial charge >= 0.3 is 5.97 Å². The molecule has 1 aliphatic carbocycles. The number of hydrogen-bond acceptors (Lipinski definition) is 3. The second kappa shape index (κ2) is 6.17. The molecule has 132 valence electrons. The van der Waals surface area contributed by atoms with Crippen LogP contribution in [0.15, 0.2) is 23.2 Å². The van der Waals surface area contributed by atoms with E-state index < -0.39 is 5.41 Å². The van der Waals surface area contributed by atoms with Crippen molar-refractivity contribution in [3.05, 3.63) is 34.5 Å². The second-order valence-electron chi connectivity index (χ2n) is 6.87. The Labute approximate surface area is 152 Å². The predicted octanol–water partition coefficient (Wildman–Crippen LogP) is 4.39. The number of hydrogen-bond donors (Lipinski definition) is 0. The van der Waals surface area contributed by atoms with E-state index in [9.17, 15) is 4.79 Å². The van der Waals surface area contributed by atoms with Crippen LogP contribution in [0.2, 0.25) is 5.02 Å². The van der Waals surface area contributed by atoms with E-state index >= 15 is 0 Å². The number of aryl methyl sites for hydroxylation is 1. The van der Waals surface area contributed by atoms with E-state index in [-0.39, 0.29) is 5.97 Å². The molecule has 1 fully saturated rings. The van der Waals surface area contributed by atoms with Crippen LogP contribution in [0.3, 0.4) is 0 Å². The van der Waals surface area contributed by atoms with Crippen molar-refractivity contribution in [2.75, 3.05) is 13.2 Å². The van der Waals surface area contributed by atoms with Gasteiger partial charge in [0.25, 0.3) is 0 Å². The van der Waals surface area contributed by atoms with Crippen LogP contribution >= 0.6 is 11.6 Å². The summed E-state index contributed by atoms with van der Waals surface area (Å²) in [5.41, 5.74) is 3.95. The molecule has 0 saturated heterocycles. The van der Waals surface area contributed by atoms with E-state index in [2.05, 4.69) is 17.6 Å². The topological polar surface area (TPSA) is 43.6 Å². The molecule has 0 unspecified atom stereocenters. The van der Waals surface area contributed by atoms with Crippen molar-refractivity contribution in [2.45, 2.75) is 46.1 Å². The predicted molar refractivity (Wildman–Crippen MR) is 101 cm³/mol. The van der Waals surface area contributed by atoms with Gasteiger partial charge in [-0.1, -0.05) is 18.0 Å². The van der Waals surface area contributed by atoms with E-state index in [0.717, 1.165) is 55.2 Å². The summed E-state index contributed by atoms with van der Waals surface area (Å²) < 4.78 is 7.72. The zero-order valence-corrected chi connectivity index (χ0v) is 15.5. The Balaban J connectivity index is 1.93. The van der Waals surface area contributed by atoms with Gasteiger partial charge in [0.15, 0.2) is 0 Å². The molecule has 4 nitrogen and oxygen atoms in total. The van der Waals surface area contributed by atoms with Gasteiger partial charge < -0.3 is 9.30 Å². The van der Waals surface area contributed by atoms with Crippen LogP contribution in [0.25, 0.3) is 10.9 Å². The third-order valence-electron chi connectivity index (χ3n) is 5.63. The van der Waals surface area contributed by atoms with Gasteiger partial charge in [-0.05, 0) is 56.9 Å². The maximum atomic E-state index is 12.8. The minimum absolute atomic E-state index is 0.112. The quantitative estimate of drug-likeness (QED) is 0.760. The van der Waals surface area contributed by atoms with Gasteiger partial charge in [-0.2, -0.15) is 0 Å². The molecule has 5 heteroatoms. The molecule has 1 saturated carbocycles. The molecule has 1 aliphatic heterocycles. The number of ether oxygens (including phenoxy) is 1. The summed E-state index contributed by atoms with van der Waals surface area (Å²) in [5.74, 6) is -0.112. The fourth-order valence-electron chi connectivity index (χ4n) is 4.32. The standard InChI is InChI=1S/C20H23ClN2O2/c1-3-23-16-7-6-13(21)12-15(16)14-8-11-22-18(17(14)23)20(9-5-10-20)19(24)25-4-2/h6-7,12H,3-5,8-11H2,1-2H3. The molecule has 1 aromatic carbocycles. The Bertz CT molecular complexity index is 877. The number of aliphatic imine (C=N–C) groups is 1. The molecule has 2 heterocycles. The molecule has 4 rings (SSSR count). The Morgan fingerprint density at radius 3 is 2.80 bits per heavy atom. The second-order valence-corrected chi connectivity index (χ2v) is 7.31. The number of rotatable bonds is 4. The molecule has 2 aromatic rings. The molecule has 0 bridgehead atoms. The van der Waals surface area contributed by atoms with Gasteiger partial charge in [0.1, 0.15) is 5.41 Å². The lowest BCUT2D eigenvalue weighted by Gasteiger charge is -2.41. The number of halogens is 1. The number of fused-ring (bicyclic) bond motifs is 3. The summed E-state index contributed by atoms with van der Waals surface area (Å²) in [7, 11) is 0. The summed E-state index contributed by atoms with van der Waals surface area (Å²) in [6, 6.07) is 6.06. The van der Waals surface area contributed by atoms with Crippen LogP contribution in [0.5, 0.6) is 0 Å². The lowest BCUT2D eigenvalue weighted by Crippen LogP contribution is -2.48. The Kier molecular flexibility index (Phi) is 4.11. The molecule has 1 aromatic heterocycles. The zero-order chi connectivity index (χ0) is 17.6. The lowest BCUT2D eigenvalue weighted by atomic mass is 9.64. The molecular formula is C20H23ClN2O2. The lowest BCUT2D eigenvalue weighted by molar-refractivity contribution is -0.155. The normalized spacial score (nSPS) is 18.4. The highest BCUT2D eigenvalue weighted by molar-refractivity contribution is 6.31. The fraction of sp³-hybridized carbons (Fsp3) is 0.500. The number of benzene rings is 1. The van der Waals surface area contributed by atoms with Crippen molar-refractivity contribution >= 4 is 34.2 Å². The van der Waals surface area contributed by atoms with Crippen molar-refractivity contribution in [1.82, 2.24) is 4.57 Å². The first-order valence-electron chi connectivity index (χ1n) is 9.15. The smallest absolute Gasteiger partial charge is 0.318 e. The maximum absolute atomic E-state index is 12.8. The van der Waals surface area contributed by atoms with Gasteiger partial charge in [-0.15, -0.1) is 0 Å². The van der Waals surface area contributed by atoms with Gasteiger partial charge in [0, 0.05) is 29.0 Å². The van der Waals surface area contributed by atoms with Crippen molar-refractivity contribution in [3.63, 3.8) is 0 Å². The minimum atomic E-state index is -0.559. The van der Waals surface area contributed by atoms with Gasteiger partial charge in [0.05, 0.1) is 18.0 Å². The molecule has 0 N–H and O–H groups in total. The first kappa shape index (κ1) is 16.6. The minimum Gasteiger partial charge on any atom is -0.465 e. The average Bonchev–Trinajstić information content (AvgIpc) is 2.88. The summed E-state index contributed by atoms with van der Waals surface area (Å²) >= 11 is 6.26. The summed E-state index contributed by atoms with van der Waals surface area (Å²) in [4.78, 5) is 17.6. The highest BCUT2D eigenvalue weighted by Gasteiger charge is 2.52. The fourth-order valence-corrected chi connectivity index (χ4v) is 4.49. The number of nitrogens with zero attached hydrogens (tertiary/aromatic N) is 2. The number of carbonyl (C=O) groups excluding carboxylic acids is 1. The number of esters is 1. The number of carbonyl (C=O) groups is 1. The van der Waals surface area contributed by atoms with E-state index in [0.29, 0.717) is 6.61 Å². The third-order valence-corrected chi connectivity index (χ3v) is 5.86. The molecule has 0 radical (unpaired) electrons. The Morgan fingerprint density at radius 1 is 1.36 bits per heavy atom. The van der Waals surface area contributed by atoms with Gasteiger partial charge in [-0.25, -0.2) is 0 Å². The highest BCUT2D eigenvalue weighted by Crippen LogP contribution is 2.47. The van der Waals surface area contributed by atoms with Gasteiger partial charge in [0.2, 0.25) is 0 Å². The van der Waals surface area contributed by atoms with Crippen LogP contribution in [0.4, 0.5) is 0 Å². The Hall–Kier alpha value is -1.81. The maximum Gasteiger partial charge on any atom is 0.318 e. The van der Waals surface area contributed by atoms with Crippen molar-refractivity contribution < 1.29 is 9.53 Å². The van der Waals surface area contributed by atoms with E-state index in [1.165, 1.54) is 16.5 Å². The molecule has 0 amide bonds. The zero-order valence-electron chi connectivity index (χ0n) is 14.8. The monoisotopic (exact) mass is 358 g/mol. The van der Waals surface area contributed by atoms with Crippen molar-refractivity contribution in [2.24, 2.45) is 10.4 Å². The summed E-state index contributed by atoms with van der Waals surface area (Å²) in [5, 5.41) is 1.94. The van der Waals surface area contributed by atoms with Crippen LogP contribution in [-0.2, 0) is 22.5 Å². The molecule has 0 atom stereocenters. The highest BCUT2D eigenvalue weighted by atomic mass is 35.5. The SMILES string of the molecule is CCOC(=O)C1(C2=NCCc3c2n(CC)c2ccc(Cl)cc32)CCC1. The Morgan fingerprint density at radius 2 is 2.16 bits per heavy atom. The molecule has 0 spiro atoms. The largest absolute Gasteiger partial charge is 0.465 e. The number of aromatic nitrogens is 1. The van der Waals surface area contributed by atoms with Crippen LogP contribution in [0, 0.1) is 5.41 Å². The first-order valence-corrected chi connectivity index (χ1v) is 9.53. The van der Waals surface area contributed by atoms with Crippen LogP contribution in [0.1, 0.15) is 44.4 Å². The van der Waals surface area contributed by atoms with E-state index in [1.807, 2.05) is 19.1 Å². The third kappa shape index (κ3) is 2.34. The van der Waals surface area contributed by atoms with Gasteiger partial charge in [-0.3, -0.25) is 9.79 Å². The molecule has 2 aliphatic rings. The summed E-state index contributed by atoms with van der Waals surface area (Å²) in [6.07, 6.45) is 3.60. The van der Waals surface area contributed by atoms with Crippen LogP contribution < -0.4 is 0 Å². The van der Waals surface area contributed by atoms with Crippen LogP contribution in [-0.4, -0.2) is 29.4 Å². The molecule has 25 heavy (non-hydrogen) atoms.